The van der Waals surface area contributed by atoms with Crippen molar-refractivity contribution < 1.29 is 23.5 Å². The normalized spacial score (nSPS) is 20.2. The number of benzene rings is 2. The van der Waals surface area contributed by atoms with Crippen LogP contribution in [0.1, 0.15) is 58.1 Å². The van der Waals surface area contributed by atoms with Crippen LogP contribution in [0.15, 0.2) is 60.9 Å². The zero-order chi connectivity index (χ0) is 26.5. The number of nitrogens with zero attached hydrogens (tertiary/aromatic N) is 2. The molecule has 2 unspecified atom stereocenters. The number of thioether (sulfide) groups is 1. The van der Waals surface area contributed by atoms with Crippen molar-refractivity contribution in [1.82, 2.24) is 4.98 Å². The molecule has 38 heavy (non-hydrogen) atoms. The van der Waals surface area contributed by atoms with Crippen molar-refractivity contribution in [3.05, 3.63) is 89.0 Å². The van der Waals surface area contributed by atoms with Crippen LogP contribution in [-0.4, -0.2) is 35.8 Å². The third-order valence-corrected chi connectivity index (χ3v) is 8.25. The second-order valence-corrected chi connectivity index (χ2v) is 10.9. The molecule has 0 N–H and O–H groups in total. The summed E-state index contributed by atoms with van der Waals surface area (Å²) in [5, 5.41) is -0.252. The average molecular weight is 535 g/mol. The smallest absolute Gasteiger partial charge is 0.343 e. The van der Waals surface area contributed by atoms with E-state index < -0.39 is 5.97 Å². The molecule has 0 bridgehead atoms. The van der Waals surface area contributed by atoms with Gasteiger partial charge in [0.15, 0.2) is 0 Å². The first-order valence-electron chi connectivity index (χ1n) is 13.0. The molecule has 198 valence electrons. The number of amides is 1. The van der Waals surface area contributed by atoms with Gasteiger partial charge in [0, 0.05) is 25.1 Å². The number of aromatic nitrogens is 1. The summed E-state index contributed by atoms with van der Waals surface area (Å²) >= 11 is 1.50. The first-order chi connectivity index (χ1) is 18.5. The fourth-order valence-corrected chi connectivity index (χ4v) is 6.25. The highest BCUT2D eigenvalue weighted by atomic mass is 32.2. The van der Waals surface area contributed by atoms with E-state index in [-0.39, 0.29) is 17.1 Å². The lowest BCUT2D eigenvalue weighted by Gasteiger charge is -2.26. The molecule has 0 spiro atoms. The lowest BCUT2D eigenvalue weighted by atomic mass is 9.91. The van der Waals surface area contributed by atoms with Crippen LogP contribution in [0.3, 0.4) is 0 Å². The molecule has 1 amide bonds. The number of esters is 1. The molecule has 8 heteroatoms. The maximum atomic E-state index is 13.4. The molecular weight excluding hydrogens is 503 g/mol. The van der Waals surface area contributed by atoms with Gasteiger partial charge in [-0.3, -0.25) is 14.7 Å². The number of rotatable bonds is 6. The molecule has 5 rings (SSSR count). The van der Waals surface area contributed by atoms with Crippen LogP contribution in [0.25, 0.3) is 0 Å². The van der Waals surface area contributed by atoms with Gasteiger partial charge in [-0.05, 0) is 91.6 Å². The maximum absolute atomic E-state index is 13.4. The molecule has 0 radical (unpaired) electrons. The molecule has 2 fully saturated rings. The molecule has 1 aromatic heterocycles. The van der Waals surface area contributed by atoms with E-state index in [0.29, 0.717) is 23.0 Å². The Labute approximate surface area is 226 Å². The number of aryl methyl sites for hydroxylation is 1. The van der Waals surface area contributed by atoms with Gasteiger partial charge in [-0.2, -0.15) is 0 Å². The van der Waals surface area contributed by atoms with E-state index in [1.807, 2.05) is 19.2 Å². The summed E-state index contributed by atoms with van der Waals surface area (Å²) in [6.45, 7) is 3.50. The highest BCUT2D eigenvalue weighted by Crippen LogP contribution is 2.43. The van der Waals surface area contributed by atoms with Gasteiger partial charge < -0.3 is 9.47 Å². The molecule has 6 nitrogen and oxygen atoms in total. The number of pyridine rings is 1. The van der Waals surface area contributed by atoms with E-state index in [2.05, 4.69) is 4.98 Å². The number of hydrogen-bond donors (Lipinski definition) is 0. The third-order valence-electron chi connectivity index (χ3n) is 7.04. The van der Waals surface area contributed by atoms with Crippen molar-refractivity contribution >= 4 is 29.3 Å². The maximum Gasteiger partial charge on any atom is 0.343 e. The van der Waals surface area contributed by atoms with Crippen LogP contribution < -0.4 is 9.64 Å². The van der Waals surface area contributed by atoms with Gasteiger partial charge in [0.05, 0.1) is 17.5 Å². The Morgan fingerprint density at radius 3 is 2.76 bits per heavy atom. The number of halogens is 1. The molecule has 0 aliphatic carbocycles. The van der Waals surface area contributed by atoms with Crippen LogP contribution in [0, 0.1) is 18.7 Å². The topological polar surface area (TPSA) is 68.7 Å². The summed E-state index contributed by atoms with van der Waals surface area (Å²) in [5.74, 6) is 0.463. The summed E-state index contributed by atoms with van der Waals surface area (Å²) in [7, 11) is 0. The van der Waals surface area contributed by atoms with Gasteiger partial charge >= 0.3 is 5.97 Å². The van der Waals surface area contributed by atoms with E-state index in [1.54, 1.807) is 41.4 Å². The Morgan fingerprint density at radius 1 is 1.11 bits per heavy atom. The first kappa shape index (κ1) is 26.4. The zero-order valence-electron chi connectivity index (χ0n) is 21.4. The molecule has 3 heterocycles. The van der Waals surface area contributed by atoms with E-state index in [1.165, 1.54) is 30.3 Å². The van der Waals surface area contributed by atoms with Crippen LogP contribution in [-0.2, 0) is 16.0 Å². The first-order valence-corrected chi connectivity index (χ1v) is 14.1. The van der Waals surface area contributed by atoms with Crippen LogP contribution in [0.2, 0.25) is 0 Å². The van der Waals surface area contributed by atoms with Gasteiger partial charge in [-0.15, -0.1) is 11.8 Å². The highest BCUT2D eigenvalue weighted by molar-refractivity contribution is 8.00. The molecule has 2 aliphatic heterocycles. The lowest BCUT2D eigenvalue weighted by molar-refractivity contribution is -0.115. The lowest BCUT2D eigenvalue weighted by Crippen LogP contribution is -2.28. The Kier molecular flexibility index (Phi) is 8.39. The van der Waals surface area contributed by atoms with Crippen molar-refractivity contribution in [2.45, 2.75) is 44.4 Å². The fraction of sp³-hybridized carbons (Fsp3) is 0.367. The standard InChI is InChI=1S/C30H31FN2O4S/c1-20-14-24(7-10-27(20)33-28(34)19-38-29(33)23-5-8-25(31)9-6-23)30(35)37-26-16-22(17-32-18-26)15-21-4-2-3-12-36-13-11-21/h5-10,14,16-18,21,29H,2-4,11-13,15,19H2,1H3. The molecule has 3 aromatic rings. The van der Waals surface area contributed by atoms with E-state index >= 15 is 0 Å². The Morgan fingerprint density at radius 2 is 1.95 bits per heavy atom. The third kappa shape index (κ3) is 6.25. The SMILES string of the molecule is Cc1cc(C(=O)Oc2cncc(CC3CCCCOCC3)c2)ccc1N1C(=O)CSC1c1ccc(F)cc1. The van der Waals surface area contributed by atoms with Gasteiger partial charge in [0.1, 0.15) is 16.9 Å². The molecule has 2 atom stereocenters. The van der Waals surface area contributed by atoms with Gasteiger partial charge in [-0.25, -0.2) is 9.18 Å². The van der Waals surface area contributed by atoms with Crippen LogP contribution in [0.5, 0.6) is 5.75 Å². The fourth-order valence-electron chi connectivity index (χ4n) is 5.08. The molecule has 2 aromatic carbocycles. The Balaban J connectivity index is 1.28. The number of carbonyl (C=O) groups is 2. The largest absolute Gasteiger partial charge is 0.421 e. The highest BCUT2D eigenvalue weighted by Gasteiger charge is 2.35. The minimum atomic E-state index is -0.477. The average Bonchev–Trinajstić information content (AvgIpc) is 3.27. The number of hydrogen-bond acceptors (Lipinski definition) is 6. The van der Waals surface area contributed by atoms with E-state index in [9.17, 15) is 14.0 Å². The molecule has 2 saturated heterocycles. The van der Waals surface area contributed by atoms with Crippen molar-refractivity contribution in [2.75, 3.05) is 23.9 Å². The molecule has 2 aliphatic rings. The molecular formula is C30H31FN2O4S. The monoisotopic (exact) mass is 534 g/mol. The van der Waals surface area contributed by atoms with Crippen LogP contribution in [0.4, 0.5) is 10.1 Å². The van der Waals surface area contributed by atoms with Gasteiger partial charge in [0.2, 0.25) is 5.91 Å². The summed E-state index contributed by atoms with van der Waals surface area (Å²) in [6, 6.07) is 13.3. The van der Waals surface area contributed by atoms with E-state index in [0.717, 1.165) is 61.3 Å². The van der Waals surface area contributed by atoms with Crippen molar-refractivity contribution in [3.63, 3.8) is 0 Å². The quantitative estimate of drug-likeness (QED) is 0.347. The summed E-state index contributed by atoms with van der Waals surface area (Å²) < 4.78 is 24.7. The summed E-state index contributed by atoms with van der Waals surface area (Å²) in [4.78, 5) is 31.8. The number of ether oxygens (including phenoxy) is 2. The Bertz CT molecular complexity index is 1290. The minimum absolute atomic E-state index is 0.0264. The summed E-state index contributed by atoms with van der Waals surface area (Å²) in [5.41, 5.74) is 3.79. The second-order valence-electron chi connectivity index (χ2n) is 9.87. The number of carbonyl (C=O) groups excluding carboxylic acids is 2. The number of anilines is 1. The second kappa shape index (κ2) is 12.1. The van der Waals surface area contributed by atoms with Gasteiger partial charge in [0.25, 0.3) is 0 Å². The predicted octanol–water partition coefficient (Wildman–Crippen LogP) is 6.28. The molecule has 0 saturated carbocycles. The minimum Gasteiger partial charge on any atom is -0.421 e. The van der Waals surface area contributed by atoms with Crippen molar-refractivity contribution in [1.29, 1.82) is 0 Å². The zero-order valence-corrected chi connectivity index (χ0v) is 22.2. The summed E-state index contributed by atoms with van der Waals surface area (Å²) in [6.07, 6.45) is 8.72. The van der Waals surface area contributed by atoms with E-state index in [4.69, 9.17) is 9.47 Å². The van der Waals surface area contributed by atoms with Crippen LogP contribution >= 0.6 is 11.8 Å². The Hall–Kier alpha value is -3.23. The van der Waals surface area contributed by atoms with Gasteiger partial charge in [-0.1, -0.05) is 18.6 Å². The van der Waals surface area contributed by atoms with Crippen molar-refractivity contribution in [3.8, 4) is 5.75 Å². The van der Waals surface area contributed by atoms with Crippen molar-refractivity contribution in [2.24, 2.45) is 5.92 Å². The predicted molar refractivity (Wildman–Crippen MR) is 146 cm³/mol.